The fourth-order valence-electron chi connectivity index (χ4n) is 15.5. The molecule has 5 saturated carbocycles. The van der Waals surface area contributed by atoms with Crippen molar-refractivity contribution in [2.24, 2.45) is 159 Å². The minimum Gasteiger partial charge on any atom is -0.171 e. The van der Waals surface area contributed by atoms with Crippen LogP contribution in [0.2, 0.25) is 0 Å². The van der Waals surface area contributed by atoms with Gasteiger partial charge < -0.3 is 0 Å². The number of alkyl halides is 33. The molecular formula is C100H179F33. The monoisotopic (exact) mass is 2010 g/mol. The Kier molecular flexibility index (Phi) is 54.0. The predicted octanol–water partition coefficient (Wildman–Crippen LogP) is 42.4. The lowest BCUT2D eigenvalue weighted by Crippen LogP contribution is -2.55. The zero-order valence-electron chi connectivity index (χ0n) is 88.6. The Labute approximate surface area is 781 Å². The van der Waals surface area contributed by atoms with Crippen molar-refractivity contribution in [3.63, 3.8) is 0 Å². The van der Waals surface area contributed by atoms with Gasteiger partial charge in [-0.3, -0.25) is 0 Å². The molecule has 0 amide bonds. The summed E-state index contributed by atoms with van der Waals surface area (Å²) in [7, 11) is 0. The maximum absolute atomic E-state index is 12.9. The van der Waals surface area contributed by atoms with E-state index < -0.39 is 166 Å². The highest BCUT2D eigenvalue weighted by molar-refractivity contribution is 5.01. The standard InChI is InChI=1S/C11H21F3.C10H19F3.C10H22.2C9H12F6.C9H15F3.C9H17F3.C9H20.2C8H13F3.C8H15F3/c1-8(2,3)9(4,5)10(6,7)11(12,13)14;1-7(8(2,3)4)9(5,6)10(11,12)13;1-8(2)10(6,7)9(3,4)5;1-6-2-4-7(5-3-6,8(10,11)12)9(13,14)15;1-6-4-2-3-5-7(6,8(10,11)12)9(13,14)15;1-6-4-3-5-8(7(6)2)9(10,11)12;1-6(2)8(4,5)7(3)9(10,11)12;1-7(2)8(3)9(4,5)6;1-6-2-4-7(5-3-6)8(9,10)11;1-6-3-2-4-7(5-6)8(9,10)11;1-6(2,3)7(4,5)8(9,10)11/h1-7H3;7H,1-6H3;8H,1-7H3;2*6H,2-5H2,1H3;6-8H,3-5H2,1-2H3;6-7H,1-5H3;7-8H,1-6H3;2*6-7H,2-5H2,1H3;1-5H3/t;7-;;;6-;6?,7-,8?;;8-;;6-,7?;/m.1..11.1.1./s1. The summed E-state index contributed by atoms with van der Waals surface area (Å²) in [6.45, 7) is 76.9. The van der Waals surface area contributed by atoms with Gasteiger partial charge in [0.2, 0.25) is 0 Å². The molecule has 5 fully saturated rings. The molecule has 5 aliphatic carbocycles. The fraction of sp³-hybridized carbons (Fsp3) is 1.00. The third-order valence-electron chi connectivity index (χ3n) is 33.2. The van der Waals surface area contributed by atoms with Gasteiger partial charge >= 0.3 is 67.9 Å². The Bertz CT molecular complexity index is 3030. The van der Waals surface area contributed by atoms with Crippen molar-refractivity contribution in [1.82, 2.24) is 0 Å². The first-order valence-electron chi connectivity index (χ1n) is 47.2. The van der Waals surface area contributed by atoms with Crippen molar-refractivity contribution in [3.8, 4) is 0 Å². The molecule has 0 aromatic carbocycles. The summed E-state index contributed by atoms with van der Waals surface area (Å²) in [6, 6.07) is 0. The quantitative estimate of drug-likeness (QED) is 0.233. The Morgan fingerprint density at radius 1 is 0.271 bits per heavy atom. The number of hydrogen-bond donors (Lipinski definition) is 0. The topological polar surface area (TPSA) is 0 Å². The van der Waals surface area contributed by atoms with E-state index in [1.807, 2.05) is 76.2 Å². The molecular weight excluding hydrogens is 1830 g/mol. The van der Waals surface area contributed by atoms with Crippen LogP contribution in [0.15, 0.2) is 0 Å². The van der Waals surface area contributed by atoms with Crippen LogP contribution in [0.4, 0.5) is 145 Å². The second-order valence-electron chi connectivity index (χ2n) is 48.7. The van der Waals surface area contributed by atoms with Gasteiger partial charge in [0.05, 0.1) is 39.9 Å². The van der Waals surface area contributed by atoms with E-state index in [-0.39, 0.29) is 66.1 Å². The van der Waals surface area contributed by atoms with Gasteiger partial charge in [0, 0.05) is 0 Å². The first-order valence-corrected chi connectivity index (χ1v) is 47.2. The number of hydrogen-bond acceptors (Lipinski definition) is 0. The zero-order chi connectivity index (χ0) is 109. The highest BCUT2D eigenvalue weighted by Gasteiger charge is 2.73. The molecule has 33 heteroatoms. The molecule has 0 N–H and O–H groups in total. The van der Waals surface area contributed by atoms with Gasteiger partial charge in [-0.25, -0.2) is 0 Å². The summed E-state index contributed by atoms with van der Waals surface area (Å²) >= 11 is 0. The highest BCUT2D eigenvalue weighted by atomic mass is 19.5. The molecule has 0 aliphatic heterocycles. The predicted molar refractivity (Wildman–Crippen MR) is 477 cm³/mol. The maximum atomic E-state index is 12.9. The number of halogens is 33. The lowest BCUT2D eigenvalue weighted by molar-refractivity contribution is -0.364. The third-order valence-corrected chi connectivity index (χ3v) is 33.2. The Morgan fingerprint density at radius 2 is 0.624 bits per heavy atom. The molecule has 0 heterocycles. The van der Waals surface area contributed by atoms with Gasteiger partial charge in [-0.1, -0.05) is 342 Å². The lowest BCUT2D eigenvalue weighted by Gasteiger charge is -2.51. The van der Waals surface area contributed by atoms with Crippen molar-refractivity contribution in [1.29, 1.82) is 0 Å². The molecule has 0 nitrogen and oxygen atoms in total. The summed E-state index contributed by atoms with van der Waals surface area (Å²) in [5, 5.41) is 0. The van der Waals surface area contributed by atoms with Crippen molar-refractivity contribution in [2.75, 3.05) is 0 Å². The Hall–Kier alpha value is -2.31. The van der Waals surface area contributed by atoms with Crippen LogP contribution < -0.4 is 0 Å². The Balaban J connectivity index is -0.000000335. The smallest absolute Gasteiger partial charge is 0.171 e. The average Bonchev–Trinajstić information content (AvgIpc) is 0.743. The van der Waals surface area contributed by atoms with Gasteiger partial charge in [0.25, 0.3) is 0 Å². The van der Waals surface area contributed by atoms with Crippen molar-refractivity contribution in [3.05, 3.63) is 0 Å². The normalized spacial score (nSPS) is 23.2. The van der Waals surface area contributed by atoms with Crippen LogP contribution in [-0.4, -0.2) is 67.9 Å². The first-order chi connectivity index (χ1) is 57.5. The van der Waals surface area contributed by atoms with Gasteiger partial charge in [0.1, 0.15) is 0 Å². The van der Waals surface area contributed by atoms with E-state index in [1.54, 1.807) is 69.2 Å². The van der Waals surface area contributed by atoms with E-state index >= 15 is 0 Å². The molecule has 0 aromatic rings. The molecule has 0 radical (unpaired) electrons. The maximum Gasteiger partial charge on any atom is 0.403 e. The van der Waals surface area contributed by atoms with E-state index in [9.17, 15) is 145 Å². The summed E-state index contributed by atoms with van der Waals surface area (Å²) < 4.78 is 411. The largest absolute Gasteiger partial charge is 0.403 e. The van der Waals surface area contributed by atoms with Crippen molar-refractivity contribution < 1.29 is 145 Å². The molecule has 5 aliphatic rings. The SMILES string of the molecule is CC(C)(C)C(C)(C)C(C)(C)C(F)(F)F.CC(C)(C)C(C)(C)C(F)(F)F.CC(C)C(C)(C)C(C)(C)C.CC(C)C(C)(C)C(C)C(F)(F)F.CC(C)[C@@H](C)C(C)(C)C.CC1CCC(C(F)(F)F)(C(F)(F)F)CC1.CC1CCC(C(F)(F)F)CC1.CC1CCCC(C(F)(F)F)[C@@H]1C.C[C@@H]1CCCC(C(F)(F)F)C1.C[C@@H]1CCCCC1(C(F)(F)F)C(F)(F)F.C[C@H](C(C)(C)C)C(C)(C)C(F)(F)F. The molecule has 0 saturated heterocycles. The van der Waals surface area contributed by atoms with Crippen LogP contribution in [0.1, 0.15) is 413 Å². The van der Waals surface area contributed by atoms with Gasteiger partial charge in [-0.2, -0.15) is 145 Å². The van der Waals surface area contributed by atoms with Crippen LogP contribution >= 0.6 is 0 Å². The van der Waals surface area contributed by atoms with Crippen LogP contribution in [0.3, 0.4) is 0 Å². The zero-order valence-corrected chi connectivity index (χ0v) is 88.6. The van der Waals surface area contributed by atoms with Crippen LogP contribution in [-0.2, 0) is 0 Å². The minimum atomic E-state index is -5.20. The van der Waals surface area contributed by atoms with E-state index in [0.29, 0.717) is 60.7 Å². The van der Waals surface area contributed by atoms with E-state index in [0.717, 1.165) is 63.2 Å². The van der Waals surface area contributed by atoms with Gasteiger partial charge in [-0.15, -0.1) is 0 Å². The van der Waals surface area contributed by atoms with Crippen LogP contribution in [0.5, 0.6) is 0 Å². The highest BCUT2D eigenvalue weighted by Crippen LogP contribution is 2.63. The second-order valence-corrected chi connectivity index (χ2v) is 48.7. The Morgan fingerprint density at radius 3 is 0.805 bits per heavy atom. The minimum absolute atomic E-state index is 0.0106. The van der Waals surface area contributed by atoms with Gasteiger partial charge in [-0.05, 0) is 179 Å². The summed E-state index contributed by atoms with van der Waals surface area (Å²) in [5.41, 5.74) is -13.5. The van der Waals surface area contributed by atoms with Crippen molar-refractivity contribution >= 4 is 0 Å². The number of rotatable bonds is 6. The lowest BCUT2D eigenvalue weighted by atomic mass is 9.55. The summed E-state index contributed by atoms with van der Waals surface area (Å²) in [6.07, 6.45) is -44.7. The van der Waals surface area contributed by atoms with E-state index in [1.165, 1.54) is 48.5 Å². The van der Waals surface area contributed by atoms with Crippen molar-refractivity contribution in [2.45, 2.75) is 481 Å². The molecule has 4 unspecified atom stereocenters. The first kappa shape index (κ1) is 141. The molecule has 0 aromatic heterocycles. The van der Waals surface area contributed by atoms with Gasteiger partial charge in [0.15, 0.2) is 10.8 Å². The van der Waals surface area contributed by atoms with E-state index in [2.05, 4.69) is 90.0 Å². The molecule has 133 heavy (non-hydrogen) atoms. The second kappa shape index (κ2) is 50.8. The molecule has 5 rings (SSSR count). The average molecular weight is 2010 g/mol. The molecule has 9 atom stereocenters. The van der Waals surface area contributed by atoms with E-state index in [4.69, 9.17) is 0 Å². The third kappa shape index (κ3) is 43.4. The summed E-state index contributed by atoms with van der Waals surface area (Å²) in [4.78, 5) is 0. The molecule has 810 valence electrons. The summed E-state index contributed by atoms with van der Waals surface area (Å²) in [5.74, 6) is -2.97. The van der Waals surface area contributed by atoms with Crippen LogP contribution in [0, 0.1) is 159 Å². The molecule has 0 spiro atoms. The fourth-order valence-corrected chi connectivity index (χ4v) is 15.5. The molecule has 0 bridgehead atoms. The van der Waals surface area contributed by atoms with Crippen LogP contribution in [0.25, 0.3) is 0 Å².